The van der Waals surface area contributed by atoms with Gasteiger partial charge in [0.2, 0.25) is 0 Å². The SMILES string of the molecule is COCCN(C)C(N)=NC(C)(C)C. The van der Waals surface area contributed by atoms with Gasteiger partial charge >= 0.3 is 0 Å². The second kappa shape index (κ2) is 5.07. The Morgan fingerprint density at radius 3 is 2.38 bits per heavy atom. The van der Waals surface area contributed by atoms with Crippen molar-refractivity contribution in [1.29, 1.82) is 0 Å². The van der Waals surface area contributed by atoms with E-state index in [0.29, 0.717) is 12.6 Å². The molecule has 0 rings (SSSR count). The van der Waals surface area contributed by atoms with Crippen LogP contribution in [-0.4, -0.2) is 43.7 Å². The number of hydrogen-bond donors (Lipinski definition) is 1. The van der Waals surface area contributed by atoms with E-state index in [1.54, 1.807) is 7.11 Å². The van der Waals surface area contributed by atoms with Gasteiger partial charge in [0.1, 0.15) is 0 Å². The maximum absolute atomic E-state index is 5.76. The molecule has 4 heteroatoms. The molecular weight excluding hydrogens is 166 g/mol. The highest BCUT2D eigenvalue weighted by Gasteiger charge is 2.10. The molecule has 78 valence electrons. The molecule has 0 saturated heterocycles. The van der Waals surface area contributed by atoms with Gasteiger partial charge in [0.15, 0.2) is 5.96 Å². The van der Waals surface area contributed by atoms with Crippen molar-refractivity contribution in [3.63, 3.8) is 0 Å². The van der Waals surface area contributed by atoms with Crippen molar-refractivity contribution in [1.82, 2.24) is 4.90 Å². The van der Waals surface area contributed by atoms with E-state index in [9.17, 15) is 0 Å². The molecule has 0 aromatic heterocycles. The largest absolute Gasteiger partial charge is 0.383 e. The number of ether oxygens (including phenoxy) is 1. The van der Waals surface area contributed by atoms with Crippen molar-refractivity contribution in [3.05, 3.63) is 0 Å². The molecule has 0 heterocycles. The first-order valence-electron chi connectivity index (χ1n) is 4.42. The van der Waals surface area contributed by atoms with Crippen molar-refractivity contribution in [3.8, 4) is 0 Å². The summed E-state index contributed by atoms with van der Waals surface area (Å²) < 4.78 is 4.94. The number of hydrogen-bond acceptors (Lipinski definition) is 2. The lowest BCUT2D eigenvalue weighted by molar-refractivity contribution is 0.182. The van der Waals surface area contributed by atoms with E-state index in [4.69, 9.17) is 10.5 Å². The minimum Gasteiger partial charge on any atom is -0.383 e. The van der Waals surface area contributed by atoms with Crippen LogP contribution in [0.5, 0.6) is 0 Å². The molecule has 13 heavy (non-hydrogen) atoms. The number of methoxy groups -OCH3 is 1. The summed E-state index contributed by atoms with van der Waals surface area (Å²) in [7, 11) is 3.58. The second-order valence-electron chi connectivity index (χ2n) is 4.06. The molecule has 0 bridgehead atoms. The zero-order chi connectivity index (χ0) is 10.5. The van der Waals surface area contributed by atoms with Crippen LogP contribution < -0.4 is 5.73 Å². The number of guanidine groups is 1. The summed E-state index contributed by atoms with van der Waals surface area (Å²) in [4.78, 5) is 6.21. The molecule has 0 aliphatic carbocycles. The smallest absolute Gasteiger partial charge is 0.191 e. The predicted molar refractivity (Wildman–Crippen MR) is 55.9 cm³/mol. The van der Waals surface area contributed by atoms with Gasteiger partial charge in [-0.1, -0.05) is 0 Å². The molecule has 0 unspecified atom stereocenters. The van der Waals surface area contributed by atoms with Crippen molar-refractivity contribution in [2.75, 3.05) is 27.3 Å². The number of rotatable bonds is 3. The molecule has 0 aromatic rings. The van der Waals surface area contributed by atoms with Gasteiger partial charge in [-0.15, -0.1) is 0 Å². The van der Waals surface area contributed by atoms with E-state index >= 15 is 0 Å². The van der Waals surface area contributed by atoms with Crippen LogP contribution >= 0.6 is 0 Å². The van der Waals surface area contributed by atoms with Crippen LogP contribution in [-0.2, 0) is 4.74 Å². The zero-order valence-corrected chi connectivity index (χ0v) is 9.29. The highest BCUT2D eigenvalue weighted by Crippen LogP contribution is 2.06. The molecule has 0 aliphatic heterocycles. The van der Waals surface area contributed by atoms with Crippen LogP contribution in [0.3, 0.4) is 0 Å². The van der Waals surface area contributed by atoms with Gasteiger partial charge in [-0.3, -0.25) is 0 Å². The summed E-state index contributed by atoms with van der Waals surface area (Å²) in [5.74, 6) is 0.560. The molecule has 0 radical (unpaired) electrons. The summed E-state index contributed by atoms with van der Waals surface area (Å²) in [5.41, 5.74) is 5.64. The van der Waals surface area contributed by atoms with Crippen LogP contribution in [0.15, 0.2) is 4.99 Å². The van der Waals surface area contributed by atoms with Crippen LogP contribution in [0.25, 0.3) is 0 Å². The summed E-state index contributed by atoms with van der Waals surface area (Å²) in [6.07, 6.45) is 0. The highest BCUT2D eigenvalue weighted by atomic mass is 16.5. The minimum atomic E-state index is -0.120. The minimum absolute atomic E-state index is 0.120. The molecule has 0 saturated carbocycles. The van der Waals surface area contributed by atoms with E-state index < -0.39 is 0 Å². The summed E-state index contributed by atoms with van der Waals surface area (Å²) >= 11 is 0. The first-order chi connectivity index (χ1) is 5.87. The molecule has 0 fully saturated rings. The lowest BCUT2D eigenvalue weighted by Gasteiger charge is -2.21. The molecular formula is C9H21N3O. The molecule has 0 atom stereocenters. The third kappa shape index (κ3) is 6.40. The lowest BCUT2D eigenvalue weighted by Crippen LogP contribution is -2.38. The van der Waals surface area contributed by atoms with Crippen molar-refractivity contribution in [2.24, 2.45) is 10.7 Å². The lowest BCUT2D eigenvalue weighted by atomic mass is 10.1. The standard InChI is InChI=1S/C9H21N3O/c1-9(2,3)11-8(10)12(4)6-7-13-5/h6-7H2,1-5H3,(H2,10,11). The van der Waals surface area contributed by atoms with Gasteiger partial charge < -0.3 is 15.4 Å². The van der Waals surface area contributed by atoms with Crippen LogP contribution in [0.2, 0.25) is 0 Å². The fraction of sp³-hybridized carbons (Fsp3) is 0.889. The summed E-state index contributed by atoms with van der Waals surface area (Å²) in [6.45, 7) is 7.48. The maximum atomic E-state index is 5.76. The Hall–Kier alpha value is -0.770. The fourth-order valence-electron chi connectivity index (χ4n) is 0.772. The van der Waals surface area contributed by atoms with Crippen molar-refractivity contribution >= 4 is 5.96 Å². The number of nitrogens with two attached hydrogens (primary N) is 1. The third-order valence-electron chi connectivity index (χ3n) is 1.47. The molecule has 0 spiro atoms. The Morgan fingerprint density at radius 2 is 2.00 bits per heavy atom. The number of likely N-dealkylation sites (N-methyl/N-ethyl adjacent to an activating group) is 1. The average molecular weight is 187 g/mol. The first-order valence-corrected chi connectivity index (χ1v) is 4.42. The van der Waals surface area contributed by atoms with Crippen molar-refractivity contribution in [2.45, 2.75) is 26.3 Å². The van der Waals surface area contributed by atoms with Crippen LogP contribution in [0.1, 0.15) is 20.8 Å². The second-order valence-corrected chi connectivity index (χ2v) is 4.06. The number of aliphatic imine (C=N–C) groups is 1. The van der Waals surface area contributed by atoms with E-state index in [2.05, 4.69) is 4.99 Å². The van der Waals surface area contributed by atoms with E-state index in [1.807, 2.05) is 32.7 Å². The fourth-order valence-corrected chi connectivity index (χ4v) is 0.772. The Morgan fingerprint density at radius 1 is 1.46 bits per heavy atom. The quantitative estimate of drug-likeness (QED) is 0.522. The molecule has 0 aliphatic rings. The van der Waals surface area contributed by atoms with Crippen molar-refractivity contribution < 1.29 is 4.74 Å². The average Bonchev–Trinajstić information content (AvgIpc) is 1.96. The Kier molecular flexibility index (Phi) is 4.77. The van der Waals surface area contributed by atoms with Gasteiger partial charge in [-0.25, -0.2) is 4.99 Å². The van der Waals surface area contributed by atoms with Gasteiger partial charge in [-0.2, -0.15) is 0 Å². The van der Waals surface area contributed by atoms with Gasteiger partial charge in [0.25, 0.3) is 0 Å². The first kappa shape index (κ1) is 12.2. The van der Waals surface area contributed by atoms with Crippen LogP contribution in [0, 0.1) is 0 Å². The topological polar surface area (TPSA) is 50.9 Å². The monoisotopic (exact) mass is 187 g/mol. The van der Waals surface area contributed by atoms with Gasteiger partial charge in [0.05, 0.1) is 12.1 Å². The Balaban J connectivity index is 4.08. The Labute approximate surface area is 80.8 Å². The Bertz CT molecular complexity index is 172. The van der Waals surface area contributed by atoms with E-state index in [0.717, 1.165) is 6.54 Å². The predicted octanol–water partition coefficient (Wildman–Crippen LogP) is 0.678. The summed E-state index contributed by atoms with van der Waals surface area (Å²) in [6, 6.07) is 0. The molecule has 0 amide bonds. The summed E-state index contributed by atoms with van der Waals surface area (Å²) in [5, 5.41) is 0. The normalized spacial score (nSPS) is 13.2. The zero-order valence-electron chi connectivity index (χ0n) is 9.29. The van der Waals surface area contributed by atoms with E-state index in [-0.39, 0.29) is 5.54 Å². The third-order valence-corrected chi connectivity index (χ3v) is 1.47. The van der Waals surface area contributed by atoms with Crippen LogP contribution in [0.4, 0.5) is 0 Å². The highest BCUT2D eigenvalue weighted by molar-refractivity contribution is 5.78. The van der Waals surface area contributed by atoms with Gasteiger partial charge in [-0.05, 0) is 20.8 Å². The van der Waals surface area contributed by atoms with Gasteiger partial charge in [0, 0.05) is 20.7 Å². The maximum Gasteiger partial charge on any atom is 0.191 e. The molecule has 2 N–H and O–H groups in total. The van der Waals surface area contributed by atoms with E-state index in [1.165, 1.54) is 0 Å². The number of nitrogens with zero attached hydrogens (tertiary/aromatic N) is 2. The molecule has 0 aromatic carbocycles. The molecule has 4 nitrogen and oxygen atoms in total.